The molecule has 0 saturated heterocycles. The Morgan fingerprint density at radius 3 is 2.67 bits per heavy atom. The number of nitrogens with zero attached hydrogens (tertiary/aromatic N) is 3. The highest BCUT2D eigenvalue weighted by atomic mass is 16.6. The Bertz CT molecular complexity index is 744. The number of hydrogen-bond acceptors (Lipinski definition) is 5. The van der Waals surface area contributed by atoms with Gasteiger partial charge in [-0.15, -0.1) is 0 Å². The number of fused-ring (bicyclic) bond motifs is 1. The number of nitro groups is 1. The lowest BCUT2D eigenvalue weighted by Crippen LogP contribution is -2.31. The van der Waals surface area contributed by atoms with E-state index in [-0.39, 0.29) is 22.8 Å². The second kappa shape index (κ2) is 4.06. The van der Waals surface area contributed by atoms with Gasteiger partial charge >= 0.3 is 5.69 Å². The van der Waals surface area contributed by atoms with Gasteiger partial charge in [0, 0.05) is 12.1 Å². The number of rotatable bonds is 2. The molecule has 2 aromatic rings. The van der Waals surface area contributed by atoms with E-state index in [0.717, 1.165) is 12.3 Å². The normalized spacial score (nSPS) is 11.1. The van der Waals surface area contributed by atoms with Gasteiger partial charge in [0.2, 0.25) is 0 Å². The summed E-state index contributed by atoms with van der Waals surface area (Å²) in [6.07, 6.45) is 1.03. The van der Waals surface area contributed by atoms with Gasteiger partial charge in [0.25, 0.3) is 11.2 Å². The lowest BCUT2D eigenvalue weighted by molar-refractivity contribution is -0.385. The Morgan fingerprint density at radius 2 is 2.11 bits per heavy atom. The zero-order chi connectivity index (χ0) is 13.4. The summed E-state index contributed by atoms with van der Waals surface area (Å²) < 4.78 is 1.28. The first kappa shape index (κ1) is 12.0. The molecule has 0 aliphatic carbocycles. The molecule has 0 aliphatic rings. The predicted molar refractivity (Wildman–Crippen MR) is 63.7 cm³/mol. The van der Waals surface area contributed by atoms with E-state index in [1.807, 2.05) is 0 Å². The van der Waals surface area contributed by atoms with E-state index in [1.165, 1.54) is 4.57 Å². The molecule has 0 spiro atoms. The van der Waals surface area contributed by atoms with Crippen LogP contribution in [-0.2, 0) is 0 Å². The zero-order valence-electron chi connectivity index (χ0n) is 9.71. The molecule has 2 rings (SSSR count). The third kappa shape index (κ3) is 1.77. The first-order valence-electron chi connectivity index (χ1n) is 5.20. The van der Waals surface area contributed by atoms with Crippen LogP contribution < -0.4 is 11.2 Å². The fourth-order valence-corrected chi connectivity index (χ4v) is 1.71. The van der Waals surface area contributed by atoms with Crippen molar-refractivity contribution in [2.75, 3.05) is 0 Å². The van der Waals surface area contributed by atoms with Gasteiger partial charge in [-0.3, -0.25) is 24.5 Å². The average Bonchev–Trinajstić information content (AvgIpc) is 2.27. The van der Waals surface area contributed by atoms with E-state index in [1.54, 1.807) is 13.8 Å². The van der Waals surface area contributed by atoms with Crippen LogP contribution in [0.3, 0.4) is 0 Å². The van der Waals surface area contributed by atoms with Crippen LogP contribution >= 0.6 is 0 Å². The summed E-state index contributed by atoms with van der Waals surface area (Å²) in [5.74, 6) is 0. The second-order valence-electron chi connectivity index (χ2n) is 4.04. The van der Waals surface area contributed by atoms with Gasteiger partial charge in [0.05, 0.1) is 10.3 Å². The minimum atomic E-state index is -0.678. The maximum Gasteiger partial charge on any atom is 0.330 e. The zero-order valence-corrected chi connectivity index (χ0v) is 9.71. The number of hydrogen-bond donors (Lipinski definition) is 1. The molecule has 0 aromatic carbocycles. The van der Waals surface area contributed by atoms with Crippen LogP contribution in [0.5, 0.6) is 0 Å². The summed E-state index contributed by atoms with van der Waals surface area (Å²) in [4.78, 5) is 39.2. The van der Waals surface area contributed by atoms with Crippen molar-refractivity contribution in [3.63, 3.8) is 0 Å². The molecule has 2 aromatic heterocycles. The summed E-state index contributed by atoms with van der Waals surface area (Å²) in [6.45, 7) is 3.50. The lowest BCUT2D eigenvalue weighted by Gasteiger charge is -2.11. The van der Waals surface area contributed by atoms with Gasteiger partial charge in [-0.25, -0.2) is 9.78 Å². The van der Waals surface area contributed by atoms with Crippen LogP contribution in [0.2, 0.25) is 0 Å². The van der Waals surface area contributed by atoms with Gasteiger partial charge in [0.15, 0.2) is 0 Å². The van der Waals surface area contributed by atoms with Crippen molar-refractivity contribution in [3.05, 3.63) is 43.2 Å². The Kier molecular flexibility index (Phi) is 2.70. The molecule has 0 atom stereocenters. The standard InChI is InChI=1S/C10H10N4O4/c1-5(2)13-8-7(9(15)12-10(13)16)3-6(4-11-8)14(17)18/h3-5H,1-2H3,(H,12,15,16). The Balaban J connectivity index is 2.94. The topological polar surface area (TPSA) is 111 Å². The average molecular weight is 250 g/mol. The van der Waals surface area contributed by atoms with Gasteiger partial charge in [-0.1, -0.05) is 0 Å². The number of H-pyrrole nitrogens is 1. The van der Waals surface area contributed by atoms with Crippen LogP contribution in [0.4, 0.5) is 5.69 Å². The van der Waals surface area contributed by atoms with E-state index < -0.39 is 16.2 Å². The van der Waals surface area contributed by atoms with Crippen LogP contribution in [0.25, 0.3) is 11.0 Å². The largest absolute Gasteiger partial charge is 0.330 e. The Hall–Kier alpha value is -2.51. The van der Waals surface area contributed by atoms with Gasteiger partial charge < -0.3 is 0 Å². The van der Waals surface area contributed by atoms with Crippen LogP contribution in [0.15, 0.2) is 21.9 Å². The highest BCUT2D eigenvalue weighted by Gasteiger charge is 2.15. The monoisotopic (exact) mass is 250 g/mol. The lowest BCUT2D eigenvalue weighted by atomic mass is 10.3. The quantitative estimate of drug-likeness (QED) is 0.618. The van der Waals surface area contributed by atoms with Crippen molar-refractivity contribution in [2.24, 2.45) is 0 Å². The van der Waals surface area contributed by atoms with Crippen molar-refractivity contribution < 1.29 is 4.92 Å². The number of nitrogens with one attached hydrogen (secondary N) is 1. The fraction of sp³-hybridized carbons (Fsp3) is 0.300. The third-order valence-electron chi connectivity index (χ3n) is 2.49. The molecule has 0 unspecified atom stereocenters. The molecule has 0 aliphatic heterocycles. The molecule has 8 heteroatoms. The van der Waals surface area contributed by atoms with E-state index in [2.05, 4.69) is 9.97 Å². The summed E-state index contributed by atoms with van der Waals surface area (Å²) in [7, 11) is 0. The molecule has 0 radical (unpaired) electrons. The molecule has 1 N–H and O–H groups in total. The molecule has 0 saturated carbocycles. The van der Waals surface area contributed by atoms with Crippen molar-refractivity contribution in [2.45, 2.75) is 19.9 Å². The molecule has 0 fully saturated rings. The minimum absolute atomic E-state index is 0.0255. The van der Waals surface area contributed by atoms with Gasteiger partial charge in [-0.05, 0) is 13.8 Å². The summed E-state index contributed by atoms with van der Waals surface area (Å²) >= 11 is 0. The third-order valence-corrected chi connectivity index (χ3v) is 2.49. The Labute approximate surface area is 100 Å². The highest BCUT2D eigenvalue weighted by Crippen LogP contribution is 2.15. The fourth-order valence-electron chi connectivity index (χ4n) is 1.71. The maximum absolute atomic E-state index is 11.6. The molecular weight excluding hydrogens is 240 g/mol. The van der Waals surface area contributed by atoms with Crippen molar-refractivity contribution in [1.29, 1.82) is 0 Å². The van der Waals surface area contributed by atoms with Crippen LogP contribution in [0, 0.1) is 10.1 Å². The molecular formula is C10H10N4O4. The van der Waals surface area contributed by atoms with Gasteiger partial charge in [-0.2, -0.15) is 0 Å². The number of aromatic amines is 1. The molecule has 94 valence electrons. The van der Waals surface area contributed by atoms with Crippen molar-refractivity contribution in [1.82, 2.24) is 14.5 Å². The molecule has 2 heterocycles. The second-order valence-corrected chi connectivity index (χ2v) is 4.04. The molecule has 0 bridgehead atoms. The maximum atomic E-state index is 11.6. The van der Waals surface area contributed by atoms with E-state index in [0.29, 0.717) is 0 Å². The minimum Gasteiger partial charge on any atom is -0.275 e. The SMILES string of the molecule is CC(C)n1c(=O)[nH]c(=O)c2cc([N+](=O)[O-])cnc21. The summed E-state index contributed by atoms with van der Waals surface area (Å²) in [5.41, 5.74) is -1.40. The predicted octanol–water partition coefficient (Wildman–Crippen LogP) is 0.574. The summed E-state index contributed by atoms with van der Waals surface area (Å²) in [6, 6.07) is 0.894. The number of pyridine rings is 1. The number of aromatic nitrogens is 3. The first-order valence-corrected chi connectivity index (χ1v) is 5.20. The van der Waals surface area contributed by atoms with E-state index in [9.17, 15) is 19.7 Å². The Morgan fingerprint density at radius 1 is 1.44 bits per heavy atom. The van der Waals surface area contributed by atoms with Gasteiger partial charge in [0.1, 0.15) is 11.8 Å². The van der Waals surface area contributed by atoms with Crippen LogP contribution in [-0.4, -0.2) is 19.5 Å². The first-order chi connectivity index (χ1) is 8.41. The summed E-state index contributed by atoms with van der Waals surface area (Å²) in [5, 5.41) is 10.7. The van der Waals surface area contributed by atoms with Crippen molar-refractivity contribution in [3.8, 4) is 0 Å². The van der Waals surface area contributed by atoms with Crippen LogP contribution in [0.1, 0.15) is 19.9 Å². The molecule has 8 nitrogen and oxygen atoms in total. The molecule has 0 amide bonds. The highest BCUT2D eigenvalue weighted by molar-refractivity contribution is 5.76. The van der Waals surface area contributed by atoms with E-state index >= 15 is 0 Å². The molecule has 18 heavy (non-hydrogen) atoms. The van der Waals surface area contributed by atoms with Crippen molar-refractivity contribution >= 4 is 16.7 Å². The smallest absolute Gasteiger partial charge is 0.275 e. The van der Waals surface area contributed by atoms with E-state index in [4.69, 9.17) is 0 Å².